The van der Waals surface area contributed by atoms with Gasteiger partial charge in [0.05, 0.1) is 0 Å². The lowest BCUT2D eigenvalue weighted by Crippen LogP contribution is -2.51. The third-order valence-corrected chi connectivity index (χ3v) is 4.87. The molecule has 1 aromatic rings. The van der Waals surface area contributed by atoms with E-state index in [-0.39, 0.29) is 24.9 Å². The third-order valence-electron chi connectivity index (χ3n) is 4.87. The van der Waals surface area contributed by atoms with E-state index in [4.69, 9.17) is 11.3 Å². The zero-order valence-electron chi connectivity index (χ0n) is 17.7. The van der Waals surface area contributed by atoms with E-state index in [2.05, 4.69) is 5.32 Å². The molecule has 1 saturated carbocycles. The molecule has 1 atom stereocenters. The molecule has 1 amide bonds. The first-order chi connectivity index (χ1) is 13.9. The van der Waals surface area contributed by atoms with E-state index in [1.165, 1.54) is 6.08 Å². The molecule has 6 nitrogen and oxygen atoms in total. The highest BCUT2D eigenvalue weighted by atomic mass is 16.5. The smallest absolute Gasteiger partial charge is 0.326 e. The van der Waals surface area contributed by atoms with Crippen LogP contribution in [0.25, 0.3) is 6.08 Å². The predicted molar refractivity (Wildman–Crippen MR) is 108 cm³/mol. The Bertz CT molecular complexity index is 699. The fraction of sp³-hybridized carbons (Fsp3) is 0.545. The number of carbonyl (C=O) groups excluding carboxylic acids is 2. The lowest BCUT2D eigenvalue weighted by molar-refractivity contribution is -0.157. The topological polar surface area (TPSA) is 87.7 Å². The van der Waals surface area contributed by atoms with Crippen molar-refractivity contribution in [3.63, 3.8) is 0 Å². The van der Waals surface area contributed by atoms with Gasteiger partial charge in [0.15, 0.2) is 0 Å². The minimum atomic E-state index is -1.02. The summed E-state index contributed by atoms with van der Waals surface area (Å²) in [7, 11) is 0. The van der Waals surface area contributed by atoms with E-state index in [9.17, 15) is 9.59 Å². The van der Waals surface area contributed by atoms with E-state index < -0.39 is 11.4 Å². The first-order valence-electron chi connectivity index (χ1n) is 10.6. The molecule has 1 aliphatic rings. The van der Waals surface area contributed by atoms with Crippen molar-refractivity contribution in [3.05, 3.63) is 41.5 Å². The summed E-state index contributed by atoms with van der Waals surface area (Å²) >= 11 is 0. The third kappa shape index (κ3) is 6.77. The fourth-order valence-corrected chi connectivity index (χ4v) is 3.42. The van der Waals surface area contributed by atoms with Crippen LogP contribution in [0, 0.1) is 5.92 Å². The zero-order chi connectivity index (χ0) is 21.3. The maximum Gasteiger partial charge on any atom is 0.326 e. The van der Waals surface area contributed by atoms with Gasteiger partial charge in [0, 0.05) is 14.0 Å². The molecule has 0 bridgehead atoms. The average molecular weight is 390 g/mol. The van der Waals surface area contributed by atoms with Gasteiger partial charge in [-0.3, -0.25) is 20.1 Å². The van der Waals surface area contributed by atoms with E-state index in [1.807, 2.05) is 38.1 Å². The van der Waals surface area contributed by atoms with Gasteiger partial charge in [-0.25, -0.2) is 5.48 Å². The van der Waals surface area contributed by atoms with Crippen molar-refractivity contribution in [1.82, 2.24) is 10.8 Å². The van der Waals surface area contributed by atoms with Gasteiger partial charge in [-0.2, -0.15) is 0 Å². The van der Waals surface area contributed by atoms with E-state index in [0.29, 0.717) is 13.0 Å². The molecule has 6 heteroatoms. The second-order valence-corrected chi connectivity index (χ2v) is 7.90. The van der Waals surface area contributed by atoms with Gasteiger partial charge in [-0.05, 0) is 62.1 Å². The molecule has 0 saturated heterocycles. The van der Waals surface area contributed by atoms with Crippen LogP contribution in [0.2, 0.25) is 0 Å². The van der Waals surface area contributed by atoms with Crippen molar-refractivity contribution < 1.29 is 20.9 Å². The van der Waals surface area contributed by atoms with Gasteiger partial charge in [0.1, 0.15) is 11.6 Å². The molecule has 28 heavy (non-hydrogen) atoms. The van der Waals surface area contributed by atoms with Gasteiger partial charge in [-0.15, -0.1) is 0 Å². The molecule has 3 N–H and O–H groups in total. The number of amides is 1. The Hall–Kier alpha value is -2.18. The Morgan fingerprint density at radius 3 is 2.57 bits per heavy atom. The summed E-state index contributed by atoms with van der Waals surface area (Å²) in [5.41, 5.74) is 2.30. The monoisotopic (exact) mass is 389 g/mol. The Kier molecular flexibility index (Phi) is 7.62. The number of nitrogens with one attached hydrogen (secondary N) is 2. The maximum absolute atomic E-state index is 13.0. The van der Waals surface area contributed by atoms with Crippen LogP contribution in [-0.4, -0.2) is 28.7 Å². The number of esters is 1. The molecule has 1 fully saturated rings. The molecular weight excluding hydrogens is 356 g/mol. The van der Waals surface area contributed by atoms with Gasteiger partial charge < -0.3 is 4.74 Å². The highest BCUT2D eigenvalue weighted by molar-refractivity contribution is 5.90. The average Bonchev–Trinajstić information content (AvgIpc) is 3.22. The molecule has 0 spiro atoms. The Balaban J connectivity index is 2.05. The van der Waals surface area contributed by atoms with Gasteiger partial charge >= 0.3 is 5.97 Å². The van der Waals surface area contributed by atoms with Crippen LogP contribution in [-0.2, 0) is 20.9 Å². The highest BCUT2D eigenvalue weighted by Crippen LogP contribution is 2.25. The number of hydroxylamine groups is 1. The summed E-state index contributed by atoms with van der Waals surface area (Å²) in [6.07, 6.45) is 7.34. The minimum absolute atomic E-state index is 0.0235. The molecule has 0 aliphatic heterocycles. The van der Waals surface area contributed by atoms with Crippen LogP contribution >= 0.6 is 0 Å². The molecular formula is C22H32N2O4. The fourth-order valence-electron chi connectivity index (χ4n) is 3.42. The molecule has 154 valence electrons. The Labute approximate surface area is 168 Å². The molecule has 1 aromatic carbocycles. The molecule has 2 rings (SSSR count). The van der Waals surface area contributed by atoms with Crippen molar-refractivity contribution >= 4 is 18.0 Å². The van der Waals surface area contributed by atoms with Gasteiger partial charge in [0.2, 0.25) is 0 Å². The van der Waals surface area contributed by atoms with Crippen molar-refractivity contribution in [2.45, 2.75) is 71.0 Å². The minimum Gasteiger partial charge on any atom is -0.461 e. The molecule has 0 radical (unpaired) electrons. The number of rotatable bonds is 9. The summed E-state index contributed by atoms with van der Waals surface area (Å²) < 4.78 is 13.8. The summed E-state index contributed by atoms with van der Waals surface area (Å²) in [6, 6.07) is 7.49. The number of ether oxygens (including phenoxy) is 1. The van der Waals surface area contributed by atoms with Crippen LogP contribution in [0.3, 0.4) is 0 Å². The largest absolute Gasteiger partial charge is 0.461 e. The van der Waals surface area contributed by atoms with Crippen LogP contribution in [0.1, 0.15) is 65.3 Å². The van der Waals surface area contributed by atoms with Crippen LogP contribution in [0.15, 0.2) is 30.3 Å². The van der Waals surface area contributed by atoms with Crippen LogP contribution in [0.5, 0.6) is 0 Å². The van der Waals surface area contributed by atoms with Crippen molar-refractivity contribution in [2.75, 3.05) is 0 Å². The molecule has 0 heterocycles. The molecule has 1 aliphatic carbocycles. The number of hydrogen-bond donors (Lipinski definition) is 3. The first kappa shape index (κ1) is 20.6. The summed E-state index contributed by atoms with van der Waals surface area (Å²) in [4.78, 5) is 24.0. The lowest BCUT2D eigenvalue weighted by Gasteiger charge is -2.31. The maximum atomic E-state index is 13.0. The zero-order valence-corrected chi connectivity index (χ0v) is 16.7. The summed E-state index contributed by atoms with van der Waals surface area (Å²) in [5.74, 6) is -0.665. The first-order valence-corrected chi connectivity index (χ1v) is 9.85. The van der Waals surface area contributed by atoms with Gasteiger partial charge in [-0.1, -0.05) is 38.1 Å². The quantitative estimate of drug-likeness (QED) is 0.260. The molecule has 0 unspecified atom stereocenters. The summed E-state index contributed by atoms with van der Waals surface area (Å²) in [5, 5.41) is 11.8. The second-order valence-electron chi connectivity index (χ2n) is 7.90. The van der Waals surface area contributed by atoms with Crippen molar-refractivity contribution in [3.8, 4) is 0 Å². The van der Waals surface area contributed by atoms with E-state index in [0.717, 1.165) is 36.8 Å². The molecule has 0 aromatic heterocycles. The second kappa shape index (κ2) is 10.4. The highest BCUT2D eigenvalue weighted by Gasteiger charge is 2.37. The Morgan fingerprint density at radius 1 is 1.32 bits per heavy atom. The van der Waals surface area contributed by atoms with Crippen LogP contribution < -0.4 is 10.8 Å². The number of benzene rings is 1. The van der Waals surface area contributed by atoms with Gasteiger partial charge in [0.25, 0.3) is 5.91 Å². The summed E-state index contributed by atoms with van der Waals surface area (Å²) in [6.45, 7) is 4.44. The van der Waals surface area contributed by atoms with Crippen LogP contribution in [0.4, 0.5) is 0 Å². The SMILES string of the molecule is [2H]C[C@@](CC(C)C)(NCc1ccc(/C=C/C(=O)NO)cc1)C(=O)OC1CCCC1. The predicted octanol–water partition coefficient (Wildman–Crippen LogP) is 3.59. The Morgan fingerprint density at radius 2 is 2.00 bits per heavy atom. The van der Waals surface area contributed by atoms with Crippen molar-refractivity contribution in [1.29, 1.82) is 0 Å². The number of hydrogen-bond acceptors (Lipinski definition) is 5. The lowest BCUT2D eigenvalue weighted by atomic mass is 9.90. The van der Waals surface area contributed by atoms with Crippen molar-refractivity contribution in [2.24, 2.45) is 5.92 Å². The number of carbonyl (C=O) groups is 2. The normalized spacial score (nSPS) is 17.5. The van der Waals surface area contributed by atoms with E-state index >= 15 is 0 Å². The van der Waals surface area contributed by atoms with E-state index in [1.54, 1.807) is 11.6 Å². The standard InChI is InChI=1S/C22H32N2O4/c1-16(2)14-22(3,21(26)28-19-6-4-5-7-19)23-15-18-10-8-17(9-11-18)12-13-20(25)24-27/h8-13,16,19,23,27H,4-7,14-15H2,1-3H3,(H,24,25)/b13-12+/t22-/m0/s1/i3D.